The van der Waals surface area contributed by atoms with Crippen LogP contribution >= 0.6 is 0 Å². The van der Waals surface area contributed by atoms with Crippen molar-refractivity contribution in [1.82, 2.24) is 20.9 Å². The highest BCUT2D eigenvalue weighted by Crippen LogP contribution is 2.24. The third-order valence-corrected chi connectivity index (χ3v) is 5.20. The highest BCUT2D eigenvalue weighted by atomic mass is 16.5. The first-order valence-electron chi connectivity index (χ1n) is 11.0. The quantitative estimate of drug-likeness (QED) is 0.292. The highest BCUT2D eigenvalue weighted by Gasteiger charge is 2.22. The van der Waals surface area contributed by atoms with Crippen LogP contribution < -0.4 is 20.7 Å². The molecule has 1 atom stereocenters. The van der Waals surface area contributed by atoms with E-state index in [-0.39, 0.29) is 11.9 Å². The van der Waals surface area contributed by atoms with E-state index in [1.54, 1.807) is 19.2 Å². The highest BCUT2D eigenvalue weighted by molar-refractivity contribution is 5.91. The maximum atomic E-state index is 12.0. The van der Waals surface area contributed by atoms with Crippen molar-refractivity contribution in [3.63, 3.8) is 0 Å². The van der Waals surface area contributed by atoms with E-state index < -0.39 is 0 Å². The number of ether oxygens (including phenoxy) is 2. The summed E-state index contributed by atoms with van der Waals surface area (Å²) in [6.45, 7) is 7.56. The van der Waals surface area contributed by atoms with Gasteiger partial charge >= 0.3 is 0 Å². The molecule has 1 fully saturated rings. The molecule has 1 amide bonds. The topological polar surface area (TPSA) is 100 Å². The second kappa shape index (κ2) is 12.7. The zero-order chi connectivity index (χ0) is 22.6. The molecular weight excluding hydrogens is 410 g/mol. The Hall–Kier alpha value is -3.04. The maximum Gasteiger partial charge on any atom is 0.287 e. The van der Waals surface area contributed by atoms with Gasteiger partial charge in [0.15, 0.2) is 11.7 Å². The first kappa shape index (κ1) is 23.6. The monoisotopic (exact) mass is 443 g/mol. The van der Waals surface area contributed by atoms with Crippen molar-refractivity contribution in [3.8, 4) is 5.75 Å². The molecular formula is C23H33N5O4. The normalized spacial score (nSPS) is 15.8. The van der Waals surface area contributed by atoms with E-state index in [2.05, 4.69) is 33.0 Å². The first-order chi connectivity index (χ1) is 15.7. The Bertz CT molecular complexity index is 833. The van der Waals surface area contributed by atoms with Crippen LogP contribution in [0.15, 0.2) is 52.1 Å². The van der Waals surface area contributed by atoms with E-state index in [4.69, 9.17) is 18.9 Å². The number of nitrogens with zero attached hydrogens (tertiary/aromatic N) is 2. The van der Waals surface area contributed by atoms with Crippen molar-refractivity contribution >= 4 is 11.9 Å². The van der Waals surface area contributed by atoms with E-state index in [9.17, 15) is 4.79 Å². The molecule has 1 aromatic carbocycles. The van der Waals surface area contributed by atoms with Crippen molar-refractivity contribution in [2.24, 2.45) is 4.99 Å². The second-order valence-corrected chi connectivity index (χ2v) is 7.32. The summed E-state index contributed by atoms with van der Waals surface area (Å²) in [6.07, 6.45) is 1.48. The number of benzene rings is 1. The van der Waals surface area contributed by atoms with Gasteiger partial charge in [-0.2, -0.15) is 0 Å². The lowest BCUT2D eigenvalue weighted by Gasteiger charge is -2.34. The van der Waals surface area contributed by atoms with Crippen LogP contribution in [0.2, 0.25) is 0 Å². The van der Waals surface area contributed by atoms with Gasteiger partial charge in [0.2, 0.25) is 0 Å². The van der Waals surface area contributed by atoms with Crippen molar-refractivity contribution in [3.05, 3.63) is 54.0 Å². The van der Waals surface area contributed by atoms with Gasteiger partial charge in [0, 0.05) is 32.7 Å². The van der Waals surface area contributed by atoms with Crippen molar-refractivity contribution in [2.45, 2.75) is 13.0 Å². The van der Waals surface area contributed by atoms with Crippen LogP contribution in [-0.4, -0.2) is 76.4 Å². The van der Waals surface area contributed by atoms with Gasteiger partial charge in [-0.3, -0.25) is 14.7 Å². The Morgan fingerprint density at radius 1 is 1.12 bits per heavy atom. The SMILES string of the molecule is CCNC(=NCC(c1ccc(OC)cc1)N1CCOCC1)NCCNC(=O)c1ccco1. The molecule has 2 heterocycles. The summed E-state index contributed by atoms with van der Waals surface area (Å²) in [7, 11) is 1.67. The van der Waals surface area contributed by atoms with Gasteiger partial charge in [-0.05, 0) is 36.8 Å². The third kappa shape index (κ3) is 7.00. The summed E-state index contributed by atoms with van der Waals surface area (Å²) in [6, 6.07) is 11.6. The van der Waals surface area contributed by atoms with Crippen LogP contribution in [0.4, 0.5) is 0 Å². The molecule has 3 rings (SSSR count). The summed E-state index contributed by atoms with van der Waals surface area (Å²) in [5.74, 6) is 1.63. The predicted octanol–water partition coefficient (Wildman–Crippen LogP) is 1.65. The van der Waals surface area contributed by atoms with Crippen LogP contribution in [0.25, 0.3) is 0 Å². The molecule has 1 aliphatic heterocycles. The number of amides is 1. The fraction of sp³-hybridized carbons (Fsp3) is 0.478. The van der Waals surface area contributed by atoms with E-state index >= 15 is 0 Å². The van der Waals surface area contributed by atoms with Gasteiger partial charge in [0.05, 0.1) is 39.2 Å². The van der Waals surface area contributed by atoms with Crippen molar-refractivity contribution in [2.75, 3.05) is 59.6 Å². The Labute approximate surface area is 189 Å². The molecule has 1 aliphatic rings. The molecule has 0 bridgehead atoms. The van der Waals surface area contributed by atoms with Gasteiger partial charge in [0.25, 0.3) is 5.91 Å². The zero-order valence-corrected chi connectivity index (χ0v) is 18.8. The molecule has 32 heavy (non-hydrogen) atoms. The number of rotatable bonds is 10. The van der Waals surface area contributed by atoms with E-state index in [1.165, 1.54) is 11.8 Å². The smallest absolute Gasteiger partial charge is 0.287 e. The molecule has 0 spiro atoms. The molecule has 9 nitrogen and oxygen atoms in total. The molecule has 1 saturated heterocycles. The number of methoxy groups -OCH3 is 1. The van der Waals surface area contributed by atoms with E-state index in [0.717, 1.165) is 38.6 Å². The lowest BCUT2D eigenvalue weighted by atomic mass is 10.0. The molecule has 9 heteroatoms. The van der Waals surface area contributed by atoms with Crippen molar-refractivity contribution in [1.29, 1.82) is 0 Å². The van der Waals surface area contributed by atoms with Gasteiger partial charge in [0.1, 0.15) is 5.75 Å². The molecule has 1 aromatic heterocycles. The number of aliphatic imine (C=N–C) groups is 1. The molecule has 3 N–H and O–H groups in total. The minimum absolute atomic E-state index is 0.138. The van der Waals surface area contributed by atoms with Crippen LogP contribution in [0.3, 0.4) is 0 Å². The molecule has 0 aliphatic carbocycles. The maximum absolute atomic E-state index is 12.0. The minimum Gasteiger partial charge on any atom is -0.497 e. The standard InChI is InChI=1S/C23H33N5O4/c1-3-24-23(26-11-10-25-22(29)21-5-4-14-32-21)27-17-20(28-12-15-31-16-13-28)18-6-8-19(30-2)9-7-18/h4-9,14,20H,3,10-13,15-17H2,1-2H3,(H,25,29)(H2,24,26,27). The molecule has 1 unspecified atom stereocenters. The van der Waals surface area contributed by atoms with Gasteiger partial charge in [-0.25, -0.2) is 0 Å². The minimum atomic E-state index is -0.231. The summed E-state index contributed by atoms with van der Waals surface area (Å²) < 4.78 is 15.9. The Morgan fingerprint density at radius 3 is 2.53 bits per heavy atom. The number of hydrogen-bond donors (Lipinski definition) is 3. The van der Waals surface area contributed by atoms with E-state index in [1.807, 2.05) is 19.1 Å². The number of carbonyl (C=O) groups is 1. The van der Waals surface area contributed by atoms with Gasteiger partial charge in [-0.1, -0.05) is 12.1 Å². The first-order valence-corrected chi connectivity index (χ1v) is 11.0. The summed E-state index contributed by atoms with van der Waals surface area (Å²) in [5, 5.41) is 9.37. The average molecular weight is 444 g/mol. The number of furan rings is 1. The Balaban J connectivity index is 1.59. The van der Waals surface area contributed by atoms with Crippen LogP contribution in [0, 0.1) is 0 Å². The summed E-state index contributed by atoms with van der Waals surface area (Å²) >= 11 is 0. The number of nitrogens with one attached hydrogen (secondary N) is 3. The molecule has 0 saturated carbocycles. The fourth-order valence-corrected chi connectivity index (χ4v) is 3.52. The number of carbonyl (C=O) groups excluding carboxylic acids is 1. The Kier molecular flexibility index (Phi) is 9.39. The third-order valence-electron chi connectivity index (χ3n) is 5.20. The lowest BCUT2D eigenvalue weighted by Crippen LogP contribution is -2.43. The number of hydrogen-bond acceptors (Lipinski definition) is 6. The fourth-order valence-electron chi connectivity index (χ4n) is 3.52. The largest absolute Gasteiger partial charge is 0.497 e. The van der Waals surface area contributed by atoms with Crippen LogP contribution in [-0.2, 0) is 4.74 Å². The second-order valence-electron chi connectivity index (χ2n) is 7.32. The molecule has 0 radical (unpaired) electrons. The van der Waals surface area contributed by atoms with Gasteiger partial charge < -0.3 is 29.8 Å². The van der Waals surface area contributed by atoms with Gasteiger partial charge in [-0.15, -0.1) is 0 Å². The summed E-state index contributed by atoms with van der Waals surface area (Å²) in [5.41, 5.74) is 1.19. The average Bonchev–Trinajstić information content (AvgIpc) is 3.38. The van der Waals surface area contributed by atoms with Crippen LogP contribution in [0.1, 0.15) is 29.1 Å². The number of morpholine rings is 1. The molecule has 2 aromatic rings. The summed E-state index contributed by atoms with van der Waals surface area (Å²) in [4.78, 5) is 19.2. The predicted molar refractivity (Wildman–Crippen MR) is 123 cm³/mol. The Morgan fingerprint density at radius 2 is 1.88 bits per heavy atom. The zero-order valence-electron chi connectivity index (χ0n) is 18.8. The lowest BCUT2D eigenvalue weighted by molar-refractivity contribution is 0.0179. The number of guanidine groups is 1. The van der Waals surface area contributed by atoms with Crippen molar-refractivity contribution < 1.29 is 18.7 Å². The van der Waals surface area contributed by atoms with Crippen LogP contribution in [0.5, 0.6) is 5.75 Å². The molecule has 174 valence electrons. The van der Waals surface area contributed by atoms with E-state index in [0.29, 0.717) is 31.4 Å².